The summed E-state index contributed by atoms with van der Waals surface area (Å²) in [7, 11) is 0. The number of esters is 1. The Bertz CT molecular complexity index is 1100. The van der Waals surface area contributed by atoms with Crippen molar-refractivity contribution in [2.75, 3.05) is 13.2 Å². The van der Waals surface area contributed by atoms with E-state index in [1.165, 1.54) is 238 Å². The van der Waals surface area contributed by atoms with Crippen LogP contribution in [0.2, 0.25) is 0 Å². The zero-order chi connectivity index (χ0) is 49.3. The number of carbonyl (C=O) groups excluding carboxylic acids is 2. The lowest BCUT2D eigenvalue weighted by Gasteiger charge is -2.20. The van der Waals surface area contributed by atoms with Crippen molar-refractivity contribution < 1.29 is 24.5 Å². The van der Waals surface area contributed by atoms with Gasteiger partial charge in [0.1, 0.15) is 0 Å². The van der Waals surface area contributed by atoms with E-state index >= 15 is 0 Å². The Labute approximate surface area is 424 Å². The minimum atomic E-state index is -0.850. The number of amides is 1. The largest absolute Gasteiger partial charge is 0.466 e. The van der Waals surface area contributed by atoms with Gasteiger partial charge in [0.25, 0.3) is 0 Å². The first-order chi connectivity index (χ1) is 33.5. The lowest BCUT2D eigenvalue weighted by Crippen LogP contribution is -2.45. The average Bonchev–Trinajstić information content (AvgIpc) is 3.34. The first kappa shape index (κ1) is 66.1. The van der Waals surface area contributed by atoms with Crippen molar-refractivity contribution in [2.45, 2.75) is 334 Å². The predicted molar refractivity (Wildman–Crippen MR) is 296 cm³/mol. The monoisotopic (exact) mass is 956 g/mol. The van der Waals surface area contributed by atoms with Crippen LogP contribution in [0.25, 0.3) is 0 Å². The highest BCUT2D eigenvalue weighted by Crippen LogP contribution is 2.17. The summed E-state index contributed by atoms with van der Waals surface area (Å²) in [5.74, 6) is -0.0844. The van der Waals surface area contributed by atoms with E-state index in [1.54, 1.807) is 6.08 Å². The van der Waals surface area contributed by atoms with Crippen LogP contribution in [0, 0.1) is 0 Å². The molecule has 0 spiro atoms. The van der Waals surface area contributed by atoms with Gasteiger partial charge in [-0.05, 0) is 64.2 Å². The Hall–Kier alpha value is -1.92. The Kier molecular flexibility index (Phi) is 56.0. The van der Waals surface area contributed by atoms with E-state index in [0.717, 1.165) is 57.8 Å². The van der Waals surface area contributed by atoms with Crippen molar-refractivity contribution in [3.63, 3.8) is 0 Å². The molecule has 3 N–H and O–H groups in total. The Morgan fingerprint density at radius 2 is 0.735 bits per heavy atom. The van der Waals surface area contributed by atoms with Crippen LogP contribution in [0.5, 0.6) is 0 Å². The summed E-state index contributed by atoms with van der Waals surface area (Å²) < 4.78 is 5.47. The fraction of sp³-hybridized carbons (Fsp3) is 0.871. The van der Waals surface area contributed by atoms with Crippen molar-refractivity contribution in [3.05, 3.63) is 36.5 Å². The van der Waals surface area contributed by atoms with Gasteiger partial charge in [-0.1, -0.05) is 281 Å². The number of rotatable bonds is 56. The summed E-state index contributed by atoms with van der Waals surface area (Å²) in [5, 5.41) is 23.2. The van der Waals surface area contributed by atoms with Crippen LogP contribution in [0.3, 0.4) is 0 Å². The van der Waals surface area contributed by atoms with Crippen molar-refractivity contribution in [2.24, 2.45) is 0 Å². The first-order valence-corrected chi connectivity index (χ1v) is 30.3. The smallest absolute Gasteiger partial charge is 0.305 e. The third-order valence-corrected chi connectivity index (χ3v) is 13.9. The molecule has 0 aliphatic heterocycles. The molecule has 0 aromatic rings. The van der Waals surface area contributed by atoms with Crippen LogP contribution >= 0.6 is 0 Å². The summed E-state index contributed by atoms with van der Waals surface area (Å²) in [6, 6.07) is -0.634. The van der Waals surface area contributed by atoms with Crippen LogP contribution in [-0.4, -0.2) is 47.4 Å². The molecule has 0 aromatic heterocycles. The Morgan fingerprint density at radius 1 is 0.412 bits per heavy atom. The fourth-order valence-electron chi connectivity index (χ4n) is 9.25. The molecule has 0 saturated heterocycles. The molecule has 2 unspecified atom stereocenters. The molecule has 0 aromatic carbocycles. The minimum Gasteiger partial charge on any atom is -0.466 e. The highest BCUT2D eigenvalue weighted by Gasteiger charge is 2.18. The van der Waals surface area contributed by atoms with Crippen molar-refractivity contribution in [1.82, 2.24) is 5.32 Å². The van der Waals surface area contributed by atoms with Crippen LogP contribution < -0.4 is 5.32 Å². The maximum atomic E-state index is 12.5. The molecule has 0 fully saturated rings. The quantitative estimate of drug-likeness (QED) is 0.0321. The van der Waals surface area contributed by atoms with Crippen molar-refractivity contribution >= 4 is 11.9 Å². The lowest BCUT2D eigenvalue weighted by atomic mass is 10.0. The first-order valence-electron chi connectivity index (χ1n) is 30.3. The van der Waals surface area contributed by atoms with E-state index in [0.29, 0.717) is 19.4 Å². The number of carbonyl (C=O) groups is 2. The zero-order valence-corrected chi connectivity index (χ0v) is 45.6. The van der Waals surface area contributed by atoms with E-state index in [1.807, 2.05) is 6.08 Å². The molecule has 0 aliphatic carbocycles. The number of aliphatic hydroxyl groups is 2. The van der Waals surface area contributed by atoms with Crippen LogP contribution in [0.15, 0.2) is 36.5 Å². The van der Waals surface area contributed by atoms with Gasteiger partial charge in [-0.3, -0.25) is 9.59 Å². The molecule has 0 bridgehead atoms. The zero-order valence-electron chi connectivity index (χ0n) is 45.6. The molecule has 0 saturated carbocycles. The topological polar surface area (TPSA) is 95.9 Å². The molecule has 400 valence electrons. The third kappa shape index (κ3) is 53.4. The van der Waals surface area contributed by atoms with Gasteiger partial charge in [-0.15, -0.1) is 0 Å². The number of hydrogen-bond acceptors (Lipinski definition) is 5. The molecule has 6 nitrogen and oxygen atoms in total. The SMILES string of the molecule is CCCCCC/C=C\C/C=C\CCCCCCCC(=O)OCCCCCCCCCCCCCCCCCCC(=O)NC(CO)C(O)/C=C/CCCCCCCCCCCCCCCCCCC. The van der Waals surface area contributed by atoms with Gasteiger partial charge in [0.2, 0.25) is 5.91 Å². The van der Waals surface area contributed by atoms with Gasteiger partial charge >= 0.3 is 5.97 Å². The van der Waals surface area contributed by atoms with Gasteiger partial charge in [-0.2, -0.15) is 0 Å². The molecule has 0 radical (unpaired) electrons. The number of hydrogen-bond donors (Lipinski definition) is 3. The Morgan fingerprint density at radius 3 is 1.13 bits per heavy atom. The van der Waals surface area contributed by atoms with Crippen LogP contribution in [-0.2, 0) is 14.3 Å². The molecule has 0 rings (SSSR count). The highest BCUT2D eigenvalue weighted by molar-refractivity contribution is 5.76. The summed E-state index contributed by atoms with van der Waals surface area (Å²) in [4.78, 5) is 24.5. The number of nitrogens with one attached hydrogen (secondary N) is 1. The van der Waals surface area contributed by atoms with Crippen LogP contribution in [0.1, 0.15) is 322 Å². The summed E-state index contributed by atoms with van der Waals surface area (Å²) in [6.07, 6.45) is 71.6. The number of aliphatic hydroxyl groups excluding tert-OH is 2. The molecule has 1 amide bonds. The average molecular weight is 957 g/mol. The van der Waals surface area contributed by atoms with E-state index < -0.39 is 12.1 Å². The van der Waals surface area contributed by atoms with Gasteiger partial charge in [0.05, 0.1) is 25.4 Å². The van der Waals surface area contributed by atoms with Crippen molar-refractivity contribution in [1.29, 1.82) is 0 Å². The lowest BCUT2D eigenvalue weighted by molar-refractivity contribution is -0.143. The summed E-state index contributed by atoms with van der Waals surface area (Å²) in [5.41, 5.74) is 0. The highest BCUT2D eigenvalue weighted by atomic mass is 16.5. The van der Waals surface area contributed by atoms with E-state index in [9.17, 15) is 19.8 Å². The fourth-order valence-corrected chi connectivity index (χ4v) is 9.25. The second-order valence-electron chi connectivity index (χ2n) is 20.7. The summed E-state index contributed by atoms with van der Waals surface area (Å²) in [6.45, 7) is 4.88. The molecule has 6 heteroatoms. The maximum absolute atomic E-state index is 12.5. The number of ether oxygens (including phenoxy) is 1. The number of allylic oxidation sites excluding steroid dienone is 5. The third-order valence-electron chi connectivity index (χ3n) is 13.9. The van der Waals surface area contributed by atoms with Gasteiger partial charge in [-0.25, -0.2) is 0 Å². The normalized spacial score (nSPS) is 12.8. The minimum absolute atomic E-state index is 0.0111. The second-order valence-corrected chi connectivity index (χ2v) is 20.7. The molecule has 68 heavy (non-hydrogen) atoms. The number of unbranched alkanes of at least 4 members (excludes halogenated alkanes) is 41. The van der Waals surface area contributed by atoms with Gasteiger partial charge < -0.3 is 20.3 Å². The predicted octanol–water partition coefficient (Wildman–Crippen LogP) is 18.8. The molecule has 2 atom stereocenters. The molecular formula is C62H117NO5. The van der Waals surface area contributed by atoms with Gasteiger partial charge in [0.15, 0.2) is 0 Å². The summed E-state index contributed by atoms with van der Waals surface area (Å²) >= 11 is 0. The van der Waals surface area contributed by atoms with Gasteiger partial charge in [0, 0.05) is 12.8 Å². The second kappa shape index (κ2) is 57.7. The molecule has 0 aliphatic rings. The van der Waals surface area contributed by atoms with Crippen molar-refractivity contribution in [3.8, 4) is 0 Å². The standard InChI is InChI=1S/C62H117NO5/c1-3-5-7-9-11-13-15-17-19-21-22-23-26-30-34-38-42-46-50-54-60(65)59(58-64)63-61(66)55-51-47-43-39-35-31-27-24-25-29-33-37-41-45-49-53-57-68-62(67)56-52-48-44-40-36-32-28-20-18-16-14-12-10-8-6-4-2/h14,16,20,28,50,54,59-60,64-65H,3-13,15,17-19,21-27,29-49,51-53,55-58H2,1-2H3,(H,63,66)/b16-14-,28-20-,54-50+. The van der Waals surface area contributed by atoms with E-state index in [4.69, 9.17) is 4.74 Å². The van der Waals surface area contributed by atoms with E-state index in [2.05, 4.69) is 43.5 Å². The molecular weight excluding hydrogens is 839 g/mol. The molecule has 0 heterocycles. The van der Waals surface area contributed by atoms with Crippen LogP contribution in [0.4, 0.5) is 0 Å². The maximum Gasteiger partial charge on any atom is 0.305 e. The van der Waals surface area contributed by atoms with E-state index in [-0.39, 0.29) is 18.5 Å². The Balaban J connectivity index is 3.46.